The third-order valence-electron chi connectivity index (χ3n) is 4.46. The van der Waals surface area contributed by atoms with E-state index >= 15 is 0 Å². The topological polar surface area (TPSA) is 37.3 Å². The molecule has 1 saturated heterocycles. The maximum atomic E-state index is 12.3. The lowest BCUT2D eigenvalue weighted by Crippen LogP contribution is -2.30. The Kier molecular flexibility index (Phi) is 3.13. The van der Waals surface area contributed by atoms with E-state index < -0.39 is 0 Å². The van der Waals surface area contributed by atoms with Crippen LogP contribution in [0.3, 0.4) is 0 Å². The molecule has 1 aliphatic rings. The molecule has 1 amide bonds. The first-order chi connectivity index (χ1) is 11.1. The van der Waals surface area contributed by atoms with E-state index in [0.717, 1.165) is 17.6 Å². The second-order valence-electron chi connectivity index (χ2n) is 5.81. The Labute approximate surface area is 139 Å². The lowest BCUT2D eigenvalue weighted by molar-refractivity contribution is -0.117. The number of para-hydroxylation sites is 1. The van der Waals surface area contributed by atoms with E-state index in [0.29, 0.717) is 5.11 Å². The van der Waals surface area contributed by atoms with E-state index in [4.69, 9.17) is 12.2 Å². The van der Waals surface area contributed by atoms with Crippen LogP contribution in [0.1, 0.15) is 13.8 Å². The molecular formula is C18H17N3OS. The number of benzene rings is 2. The molecule has 0 bridgehead atoms. The number of nitrogens with zero attached hydrogens (tertiary/aromatic N) is 2. The van der Waals surface area contributed by atoms with Crippen molar-refractivity contribution >= 4 is 50.7 Å². The second-order valence-corrected chi connectivity index (χ2v) is 6.19. The lowest BCUT2D eigenvalue weighted by Gasteiger charge is -2.15. The number of rotatable bonds is 2. The van der Waals surface area contributed by atoms with Gasteiger partial charge in [0, 0.05) is 28.4 Å². The van der Waals surface area contributed by atoms with Crippen LogP contribution in [0.4, 0.5) is 5.69 Å². The number of thiocarbonyl (C=S) groups is 1. The number of anilines is 1. The van der Waals surface area contributed by atoms with Gasteiger partial charge in [-0.25, -0.2) is 0 Å². The Morgan fingerprint density at radius 1 is 1.13 bits per heavy atom. The van der Waals surface area contributed by atoms with Gasteiger partial charge in [0.1, 0.15) is 6.04 Å². The molecule has 1 aromatic heterocycles. The summed E-state index contributed by atoms with van der Waals surface area (Å²) in [6, 6.07) is 14.2. The Bertz CT molecular complexity index is 959. The van der Waals surface area contributed by atoms with Crippen molar-refractivity contribution in [2.75, 3.05) is 4.90 Å². The molecule has 0 saturated carbocycles. The van der Waals surface area contributed by atoms with E-state index in [-0.39, 0.29) is 11.9 Å². The summed E-state index contributed by atoms with van der Waals surface area (Å²) in [5, 5.41) is 5.84. The molecule has 116 valence electrons. The number of fused-ring (bicyclic) bond motifs is 3. The molecule has 4 nitrogen and oxygen atoms in total. The standard InChI is InChI=1S/C18H17N3OS/c1-3-20-15-7-5-4-6-13(15)14-10-12(8-9-16(14)20)21-17(22)11(2)19-18(21)23/h4-11H,3H2,1-2H3,(H,19,23)/t11-/m1/s1. The third-order valence-corrected chi connectivity index (χ3v) is 4.76. The Balaban J connectivity index is 1.97. The van der Waals surface area contributed by atoms with E-state index in [2.05, 4.69) is 47.1 Å². The molecule has 3 aromatic rings. The molecule has 1 fully saturated rings. The van der Waals surface area contributed by atoms with Crippen molar-refractivity contribution in [3.8, 4) is 0 Å². The fraction of sp³-hybridized carbons (Fsp3) is 0.222. The number of carbonyl (C=O) groups is 1. The summed E-state index contributed by atoms with van der Waals surface area (Å²) in [5.41, 5.74) is 3.21. The zero-order valence-electron chi connectivity index (χ0n) is 13.0. The van der Waals surface area contributed by atoms with Crippen LogP contribution in [0, 0.1) is 0 Å². The predicted octanol–water partition coefficient (Wildman–Crippen LogP) is 3.42. The van der Waals surface area contributed by atoms with Crippen molar-refractivity contribution in [2.24, 2.45) is 0 Å². The molecule has 2 heterocycles. The first-order valence-electron chi connectivity index (χ1n) is 7.77. The van der Waals surface area contributed by atoms with Crippen LogP contribution in [0.2, 0.25) is 0 Å². The Hall–Kier alpha value is -2.40. The van der Waals surface area contributed by atoms with E-state index in [9.17, 15) is 4.79 Å². The molecule has 0 spiro atoms. The summed E-state index contributed by atoms with van der Waals surface area (Å²) < 4.78 is 2.29. The highest BCUT2D eigenvalue weighted by molar-refractivity contribution is 7.80. The van der Waals surface area contributed by atoms with Gasteiger partial charge in [0.15, 0.2) is 5.11 Å². The molecule has 23 heavy (non-hydrogen) atoms. The van der Waals surface area contributed by atoms with Gasteiger partial charge in [-0.2, -0.15) is 0 Å². The van der Waals surface area contributed by atoms with Gasteiger partial charge in [-0.1, -0.05) is 18.2 Å². The van der Waals surface area contributed by atoms with Crippen LogP contribution in [-0.4, -0.2) is 21.6 Å². The summed E-state index contributed by atoms with van der Waals surface area (Å²) >= 11 is 5.31. The Morgan fingerprint density at radius 2 is 1.87 bits per heavy atom. The molecule has 1 atom stereocenters. The van der Waals surface area contributed by atoms with Crippen molar-refractivity contribution in [2.45, 2.75) is 26.4 Å². The maximum absolute atomic E-state index is 12.3. The number of nitrogens with one attached hydrogen (secondary N) is 1. The van der Waals surface area contributed by atoms with Crippen LogP contribution in [-0.2, 0) is 11.3 Å². The molecule has 1 N–H and O–H groups in total. The molecule has 0 unspecified atom stereocenters. The van der Waals surface area contributed by atoms with Crippen LogP contribution in [0.25, 0.3) is 21.8 Å². The first kappa shape index (κ1) is 14.2. The fourth-order valence-electron chi connectivity index (χ4n) is 3.37. The van der Waals surface area contributed by atoms with Gasteiger partial charge < -0.3 is 9.88 Å². The van der Waals surface area contributed by atoms with Crippen LogP contribution in [0.15, 0.2) is 42.5 Å². The van der Waals surface area contributed by atoms with Gasteiger partial charge in [-0.3, -0.25) is 9.69 Å². The van der Waals surface area contributed by atoms with E-state index in [1.807, 2.05) is 19.1 Å². The average molecular weight is 323 g/mol. The van der Waals surface area contributed by atoms with Crippen molar-refractivity contribution < 1.29 is 4.79 Å². The smallest absolute Gasteiger partial charge is 0.255 e. The molecule has 2 aromatic carbocycles. The highest BCUT2D eigenvalue weighted by Crippen LogP contribution is 2.32. The van der Waals surface area contributed by atoms with Gasteiger partial charge in [-0.15, -0.1) is 0 Å². The highest BCUT2D eigenvalue weighted by Gasteiger charge is 2.33. The summed E-state index contributed by atoms with van der Waals surface area (Å²) in [4.78, 5) is 13.9. The van der Waals surface area contributed by atoms with Crippen LogP contribution >= 0.6 is 12.2 Å². The SMILES string of the molecule is CCn1c2ccccc2c2cc(N3C(=O)[C@@H](C)NC3=S)ccc21. The minimum atomic E-state index is -0.268. The summed E-state index contributed by atoms with van der Waals surface area (Å²) in [6.07, 6.45) is 0. The quantitative estimate of drug-likeness (QED) is 0.734. The van der Waals surface area contributed by atoms with Crippen LogP contribution < -0.4 is 10.2 Å². The van der Waals surface area contributed by atoms with Crippen LogP contribution in [0.5, 0.6) is 0 Å². The number of hydrogen-bond donors (Lipinski definition) is 1. The van der Waals surface area contributed by atoms with Gasteiger partial charge >= 0.3 is 0 Å². The first-order valence-corrected chi connectivity index (χ1v) is 8.18. The van der Waals surface area contributed by atoms with Crippen molar-refractivity contribution in [1.82, 2.24) is 9.88 Å². The van der Waals surface area contributed by atoms with Crippen molar-refractivity contribution in [1.29, 1.82) is 0 Å². The number of aromatic nitrogens is 1. The second kappa shape index (κ2) is 5.06. The zero-order chi connectivity index (χ0) is 16.1. The van der Waals surface area contributed by atoms with Gasteiger partial charge in [0.2, 0.25) is 0 Å². The molecule has 0 radical (unpaired) electrons. The summed E-state index contributed by atoms with van der Waals surface area (Å²) in [6.45, 7) is 4.88. The molecule has 4 rings (SSSR count). The third kappa shape index (κ3) is 1.96. The Morgan fingerprint density at radius 3 is 2.57 bits per heavy atom. The monoisotopic (exact) mass is 323 g/mol. The fourth-order valence-corrected chi connectivity index (χ4v) is 3.74. The largest absolute Gasteiger partial charge is 0.350 e. The molecule has 5 heteroatoms. The van der Waals surface area contributed by atoms with Crippen molar-refractivity contribution in [3.63, 3.8) is 0 Å². The number of carbonyl (C=O) groups excluding carboxylic acids is 1. The molecule has 0 aliphatic carbocycles. The lowest BCUT2D eigenvalue weighted by atomic mass is 10.1. The maximum Gasteiger partial charge on any atom is 0.255 e. The predicted molar refractivity (Wildman–Crippen MR) is 97.8 cm³/mol. The summed E-state index contributed by atoms with van der Waals surface area (Å²) in [7, 11) is 0. The average Bonchev–Trinajstić information content (AvgIpc) is 3.01. The van der Waals surface area contributed by atoms with Crippen molar-refractivity contribution in [3.05, 3.63) is 42.5 Å². The molecule has 1 aliphatic heterocycles. The highest BCUT2D eigenvalue weighted by atomic mass is 32.1. The van der Waals surface area contributed by atoms with E-state index in [1.54, 1.807) is 4.90 Å². The van der Waals surface area contributed by atoms with Gasteiger partial charge in [0.25, 0.3) is 5.91 Å². The molecular weight excluding hydrogens is 306 g/mol. The zero-order valence-corrected chi connectivity index (χ0v) is 13.9. The number of amides is 1. The van der Waals surface area contributed by atoms with Gasteiger partial charge in [0.05, 0.1) is 5.69 Å². The minimum absolute atomic E-state index is 0.00594. The summed E-state index contributed by atoms with van der Waals surface area (Å²) in [5.74, 6) is -0.00594. The van der Waals surface area contributed by atoms with E-state index in [1.165, 1.54) is 16.4 Å². The minimum Gasteiger partial charge on any atom is -0.350 e. The number of hydrogen-bond acceptors (Lipinski definition) is 2. The number of aryl methyl sites for hydroxylation is 1. The normalized spacial score (nSPS) is 18.2. The van der Waals surface area contributed by atoms with Gasteiger partial charge in [-0.05, 0) is 50.3 Å².